The minimum atomic E-state index is -4.00. The first kappa shape index (κ1) is 27.6. The van der Waals surface area contributed by atoms with Crippen LogP contribution in [0.3, 0.4) is 0 Å². The number of aromatic amines is 1. The zero-order chi connectivity index (χ0) is 28.4. The van der Waals surface area contributed by atoms with Crippen LogP contribution in [0.15, 0.2) is 77.8 Å². The van der Waals surface area contributed by atoms with Gasteiger partial charge in [0.1, 0.15) is 0 Å². The van der Waals surface area contributed by atoms with Crippen molar-refractivity contribution in [2.75, 3.05) is 6.54 Å². The number of hydrogen-bond acceptors (Lipinski definition) is 5. The zero-order valence-corrected chi connectivity index (χ0v) is 22.7. The van der Waals surface area contributed by atoms with Gasteiger partial charge in [-0.15, -0.1) is 0 Å². The number of sulfonamides is 1. The van der Waals surface area contributed by atoms with E-state index in [0.717, 1.165) is 33.2 Å². The second kappa shape index (κ2) is 11.3. The summed E-state index contributed by atoms with van der Waals surface area (Å²) in [6.07, 6.45) is 6.29. The molecule has 0 radical (unpaired) electrons. The normalized spacial score (nSPS) is 15.1. The molecule has 0 saturated carbocycles. The van der Waals surface area contributed by atoms with Crippen LogP contribution in [-0.4, -0.2) is 46.4 Å². The van der Waals surface area contributed by atoms with Gasteiger partial charge < -0.3 is 10.1 Å². The van der Waals surface area contributed by atoms with Gasteiger partial charge in [0, 0.05) is 34.7 Å². The highest BCUT2D eigenvalue weighted by molar-refractivity contribution is 7.89. The van der Waals surface area contributed by atoms with Crippen LogP contribution in [0.25, 0.3) is 17.0 Å². The van der Waals surface area contributed by atoms with Crippen LogP contribution in [0.4, 0.5) is 0 Å². The van der Waals surface area contributed by atoms with E-state index < -0.39 is 27.9 Å². The lowest BCUT2D eigenvalue weighted by atomic mass is 10.0. The third-order valence-corrected chi connectivity index (χ3v) is 9.29. The number of carboxylic acid groups (broad SMARTS) is 1. The number of carbonyl (C=O) groups excluding carboxylic acids is 1. The number of aryl methyl sites for hydroxylation is 1. The lowest BCUT2D eigenvalue weighted by Gasteiger charge is -2.29. The van der Waals surface area contributed by atoms with Crippen LogP contribution in [0.1, 0.15) is 45.1 Å². The van der Waals surface area contributed by atoms with E-state index in [1.165, 1.54) is 34.6 Å². The summed E-state index contributed by atoms with van der Waals surface area (Å²) in [4.78, 5) is 25.9. The molecular formula is C29H26ClN3O6S. The molecule has 0 aliphatic heterocycles. The molecular weight excluding hydrogens is 554 g/mol. The lowest BCUT2D eigenvalue weighted by Crippen LogP contribution is -2.35. The number of hydroxylamine groups is 1. The van der Waals surface area contributed by atoms with Crippen molar-refractivity contribution < 1.29 is 28.3 Å². The van der Waals surface area contributed by atoms with Crippen LogP contribution in [0.2, 0.25) is 5.02 Å². The highest BCUT2D eigenvalue weighted by atomic mass is 35.5. The summed E-state index contributed by atoms with van der Waals surface area (Å²) in [6.45, 7) is 0.195. The summed E-state index contributed by atoms with van der Waals surface area (Å²) >= 11 is 6.12. The number of nitrogens with one attached hydrogen (secondary N) is 2. The smallest absolute Gasteiger partial charge is 0.335 e. The van der Waals surface area contributed by atoms with Crippen molar-refractivity contribution in [3.05, 3.63) is 106 Å². The molecule has 0 saturated heterocycles. The third-order valence-electron chi connectivity index (χ3n) is 7.14. The van der Waals surface area contributed by atoms with Gasteiger partial charge in [0.25, 0.3) is 5.91 Å². The molecule has 1 aromatic heterocycles. The fourth-order valence-corrected chi connectivity index (χ4v) is 6.98. The third kappa shape index (κ3) is 5.52. The molecule has 0 spiro atoms. The highest BCUT2D eigenvalue weighted by Gasteiger charge is 2.36. The molecule has 11 heteroatoms. The average molecular weight is 580 g/mol. The van der Waals surface area contributed by atoms with E-state index in [0.29, 0.717) is 24.3 Å². The van der Waals surface area contributed by atoms with E-state index in [2.05, 4.69) is 4.98 Å². The second-order valence-corrected chi connectivity index (χ2v) is 11.8. The number of nitrogens with zero attached hydrogens (tertiary/aromatic N) is 1. The van der Waals surface area contributed by atoms with Crippen LogP contribution in [0, 0.1) is 0 Å². The van der Waals surface area contributed by atoms with Crippen LogP contribution < -0.4 is 5.48 Å². The first-order valence-electron chi connectivity index (χ1n) is 12.5. The maximum atomic E-state index is 14.0. The number of aromatic nitrogens is 1. The molecule has 5 rings (SSSR count). The number of fused-ring (bicyclic) bond motifs is 2. The van der Waals surface area contributed by atoms with Gasteiger partial charge in [0.2, 0.25) is 10.0 Å². The van der Waals surface area contributed by atoms with Gasteiger partial charge in [-0.2, -0.15) is 4.31 Å². The Morgan fingerprint density at radius 3 is 2.60 bits per heavy atom. The van der Waals surface area contributed by atoms with E-state index in [-0.39, 0.29) is 17.0 Å². The van der Waals surface area contributed by atoms with E-state index >= 15 is 0 Å². The van der Waals surface area contributed by atoms with Gasteiger partial charge in [-0.25, -0.2) is 18.7 Å². The van der Waals surface area contributed by atoms with Gasteiger partial charge in [-0.3, -0.25) is 10.0 Å². The number of aromatic carboxylic acids is 1. The Kier molecular flexibility index (Phi) is 7.77. The Morgan fingerprint density at radius 1 is 1.10 bits per heavy atom. The first-order chi connectivity index (χ1) is 19.2. The van der Waals surface area contributed by atoms with Gasteiger partial charge in [-0.1, -0.05) is 35.9 Å². The quantitative estimate of drug-likeness (QED) is 0.126. The van der Waals surface area contributed by atoms with E-state index in [1.807, 2.05) is 30.5 Å². The highest BCUT2D eigenvalue weighted by Crippen LogP contribution is 2.39. The molecule has 0 bridgehead atoms. The minimum absolute atomic E-state index is 0.00429. The molecule has 1 atom stereocenters. The number of rotatable bonds is 9. The maximum Gasteiger partial charge on any atom is 0.335 e. The van der Waals surface area contributed by atoms with Gasteiger partial charge >= 0.3 is 5.97 Å². The molecule has 40 heavy (non-hydrogen) atoms. The zero-order valence-electron chi connectivity index (χ0n) is 21.2. The SMILES string of the molecule is O=C(C=Cc1ccc2c(c1)CCC2N(CCc1c[nH]c2cc(Cl)ccc12)S(=O)(=O)c1ccc(C(=O)O)cc1)NO. The number of carbonyl (C=O) groups is 2. The van der Waals surface area contributed by atoms with Crippen molar-refractivity contribution in [3.63, 3.8) is 0 Å². The lowest BCUT2D eigenvalue weighted by molar-refractivity contribution is -0.124. The fourth-order valence-electron chi connectivity index (χ4n) is 5.17. The molecule has 1 amide bonds. The van der Waals surface area contributed by atoms with E-state index in [9.17, 15) is 23.1 Å². The number of benzene rings is 3. The van der Waals surface area contributed by atoms with E-state index in [4.69, 9.17) is 16.8 Å². The molecule has 1 aliphatic rings. The number of halogens is 1. The first-order valence-corrected chi connectivity index (χ1v) is 14.3. The molecule has 1 aliphatic carbocycles. The summed E-state index contributed by atoms with van der Waals surface area (Å²) in [5.74, 6) is -1.78. The summed E-state index contributed by atoms with van der Waals surface area (Å²) in [6, 6.07) is 15.9. The average Bonchev–Trinajstić information content (AvgIpc) is 3.55. The second-order valence-electron chi connectivity index (χ2n) is 9.52. The minimum Gasteiger partial charge on any atom is -0.478 e. The summed E-state index contributed by atoms with van der Waals surface area (Å²) in [5, 5.41) is 19.5. The maximum absolute atomic E-state index is 14.0. The molecule has 206 valence electrons. The largest absolute Gasteiger partial charge is 0.478 e. The summed E-state index contributed by atoms with van der Waals surface area (Å²) in [5.41, 5.74) is 5.97. The van der Waals surface area contributed by atoms with Crippen molar-refractivity contribution in [1.82, 2.24) is 14.8 Å². The number of carboxylic acids is 1. The molecule has 1 unspecified atom stereocenters. The Hall–Kier alpha value is -3.96. The molecule has 1 heterocycles. The van der Waals surface area contributed by atoms with Crippen molar-refractivity contribution in [1.29, 1.82) is 0 Å². The van der Waals surface area contributed by atoms with Crippen LogP contribution >= 0.6 is 11.6 Å². The number of amides is 1. The molecule has 0 fully saturated rings. The van der Waals surface area contributed by atoms with Crippen LogP contribution in [0.5, 0.6) is 0 Å². The molecule has 4 aromatic rings. The summed E-state index contributed by atoms with van der Waals surface area (Å²) in [7, 11) is -4.00. The van der Waals surface area contributed by atoms with Crippen molar-refractivity contribution in [2.24, 2.45) is 0 Å². The topological polar surface area (TPSA) is 140 Å². The predicted octanol–water partition coefficient (Wildman–Crippen LogP) is 4.96. The van der Waals surface area contributed by atoms with E-state index in [1.54, 1.807) is 23.7 Å². The van der Waals surface area contributed by atoms with Crippen LogP contribution in [-0.2, 0) is 27.7 Å². The van der Waals surface area contributed by atoms with Crippen molar-refractivity contribution in [3.8, 4) is 0 Å². The fraction of sp³-hybridized carbons (Fsp3) is 0.172. The standard InChI is InChI=1S/C29H26ClN3O6S/c30-22-6-10-24-21(17-31-26(24)16-22)13-14-33(40(38,39)23-7-3-19(4-8-23)29(35)36)27-11-5-20-15-18(1-9-25(20)27)2-12-28(34)32-37/h1-4,6-10,12,15-17,27,31,37H,5,11,13-14H2,(H,32,34)(H,35,36). The Morgan fingerprint density at radius 2 is 1.88 bits per heavy atom. The predicted molar refractivity (Wildman–Crippen MR) is 151 cm³/mol. The molecule has 9 nitrogen and oxygen atoms in total. The Labute approximate surface area is 235 Å². The van der Waals surface area contributed by atoms with Gasteiger partial charge in [0.15, 0.2) is 0 Å². The molecule has 3 aromatic carbocycles. The van der Waals surface area contributed by atoms with Gasteiger partial charge in [-0.05, 0) is 84.0 Å². The molecule has 4 N–H and O–H groups in total. The Bertz CT molecular complexity index is 1730. The van der Waals surface area contributed by atoms with Gasteiger partial charge in [0.05, 0.1) is 16.5 Å². The summed E-state index contributed by atoms with van der Waals surface area (Å²) < 4.78 is 29.6. The van der Waals surface area contributed by atoms with Crippen molar-refractivity contribution >= 4 is 50.5 Å². The number of hydrogen-bond donors (Lipinski definition) is 4. The monoisotopic (exact) mass is 579 g/mol. The number of H-pyrrole nitrogens is 1. The van der Waals surface area contributed by atoms with Crippen molar-refractivity contribution in [2.45, 2.75) is 30.2 Å². The Balaban J connectivity index is 1.49.